The van der Waals surface area contributed by atoms with Gasteiger partial charge in [0.05, 0.1) is 24.7 Å². The van der Waals surface area contributed by atoms with Crippen molar-refractivity contribution in [3.8, 4) is 0 Å². The zero-order valence-electron chi connectivity index (χ0n) is 36.7. The second kappa shape index (κ2) is 26.1. The summed E-state index contributed by atoms with van der Waals surface area (Å²) in [6.45, 7) is 2.27. The number of aromatic carboxylic acids is 1. The number of esters is 1. The van der Waals surface area contributed by atoms with Gasteiger partial charge in [0.1, 0.15) is 5.69 Å². The Morgan fingerprint density at radius 2 is 0.887 bits per heavy atom. The molecule has 0 spiro atoms. The number of rotatable bonds is 7. The number of hydrogen-bond acceptors (Lipinski definition) is 9. The second-order valence-electron chi connectivity index (χ2n) is 17.1. The number of carboxylic acids is 1. The first-order valence-corrected chi connectivity index (χ1v) is 25.9. The van der Waals surface area contributed by atoms with Gasteiger partial charge in [-0.05, 0) is 134 Å². The molecule has 13 nitrogen and oxygen atoms in total. The molecule has 9 rings (SSSR count). The monoisotopic (exact) mass is 932 g/mol. The van der Waals surface area contributed by atoms with E-state index in [-0.39, 0.29) is 35.5 Å². The van der Waals surface area contributed by atoms with Crippen molar-refractivity contribution in [2.75, 3.05) is 6.61 Å². The summed E-state index contributed by atoms with van der Waals surface area (Å²) in [4.78, 5) is 34.9. The average molecular weight is 934 g/mol. The summed E-state index contributed by atoms with van der Waals surface area (Å²) in [5.41, 5.74) is 8.56. The van der Waals surface area contributed by atoms with Crippen molar-refractivity contribution >= 4 is 59.4 Å². The van der Waals surface area contributed by atoms with Gasteiger partial charge in [0.25, 0.3) is 5.24 Å². The van der Waals surface area contributed by atoms with Crippen molar-refractivity contribution in [1.29, 1.82) is 0 Å². The Morgan fingerprint density at radius 3 is 1.23 bits per heavy atom. The number of halogens is 3. The summed E-state index contributed by atoms with van der Waals surface area (Å²) in [6.07, 6.45) is 31.7. The van der Waals surface area contributed by atoms with E-state index in [0.29, 0.717) is 41.8 Å². The smallest absolute Gasteiger partial charge is 0.870 e. The zero-order valence-corrected chi connectivity index (χ0v) is 39.8. The molecule has 0 aliphatic heterocycles. The molecule has 62 heavy (non-hydrogen) atoms. The largest absolute Gasteiger partial charge is 1.00 e. The number of carbonyl (C=O) groups excluding carboxylic acids is 2. The Labute approximate surface area is 395 Å². The number of nitrogens with zero attached hydrogens (tertiary/aromatic N) is 6. The summed E-state index contributed by atoms with van der Waals surface area (Å²) in [7, 11) is 7.36. The molecular weight excluding hydrogens is 870 g/mol. The van der Waals surface area contributed by atoms with Crippen LogP contribution in [0.15, 0.2) is 0 Å². The first-order valence-electron chi connectivity index (χ1n) is 22.7. The van der Waals surface area contributed by atoms with Gasteiger partial charge >= 0.3 is 30.8 Å². The number of carboxylic acid groups (broad SMARTS) is 1. The minimum Gasteiger partial charge on any atom is -0.870 e. The van der Waals surface area contributed by atoms with E-state index in [1.54, 1.807) is 0 Å². The molecule has 3 aromatic rings. The van der Waals surface area contributed by atoms with E-state index < -0.39 is 15.2 Å². The van der Waals surface area contributed by atoms with Crippen molar-refractivity contribution in [2.24, 2.45) is 0 Å². The maximum atomic E-state index is 12.1. The van der Waals surface area contributed by atoms with Gasteiger partial charge in [-0.25, -0.2) is 13.8 Å². The summed E-state index contributed by atoms with van der Waals surface area (Å²) < 4.78 is 20.7. The van der Waals surface area contributed by atoms with Gasteiger partial charge in [0.15, 0.2) is 11.4 Å². The predicted molar refractivity (Wildman–Crippen MR) is 238 cm³/mol. The molecule has 6 aliphatic carbocycles. The molecular formula is C44H64Cl3LiN6O7S. The van der Waals surface area contributed by atoms with Gasteiger partial charge in [-0.3, -0.25) is 18.8 Å². The number of aromatic nitrogens is 6. The van der Waals surface area contributed by atoms with Crippen molar-refractivity contribution in [2.45, 2.75) is 198 Å². The first-order chi connectivity index (χ1) is 29.1. The molecule has 0 unspecified atom stereocenters. The molecule has 2 N–H and O–H groups in total. The molecule has 0 bridgehead atoms. The number of fused-ring (bicyclic) bond motifs is 3. The average Bonchev–Trinajstić information content (AvgIpc) is 3.98. The quantitative estimate of drug-likeness (QED) is 0.139. The van der Waals surface area contributed by atoms with Crippen LogP contribution < -0.4 is 18.9 Å². The van der Waals surface area contributed by atoms with Gasteiger partial charge in [-0.15, -0.1) is 0 Å². The fourth-order valence-corrected chi connectivity index (χ4v) is 10.6. The maximum Gasteiger partial charge on any atom is 1.00 e. The van der Waals surface area contributed by atoms with Crippen LogP contribution in [0.1, 0.15) is 225 Å². The van der Waals surface area contributed by atoms with Gasteiger partial charge in [0.2, 0.25) is 9.23 Å². The summed E-state index contributed by atoms with van der Waals surface area (Å²) >= 11 is 5.68. The van der Waals surface area contributed by atoms with E-state index in [1.165, 1.54) is 125 Å². The Bertz CT molecular complexity index is 1860. The minimum absolute atomic E-state index is 0. The van der Waals surface area contributed by atoms with Gasteiger partial charge in [0, 0.05) is 55.1 Å². The number of hydrogen-bond donors (Lipinski definition) is 1. The second-order valence-corrected chi connectivity index (χ2v) is 20.0. The first kappa shape index (κ1) is 52.4. The fourth-order valence-electron chi connectivity index (χ4n) is 10.5. The standard InChI is InChI=1S/C16H24N2O2.C14H19ClN2O.C14H20N2O2.Cl2OS.Li.H2O/c1-2-20-16(19)15-13-10-6-7-11-14(13)18(17-15)12-8-4-3-5-9-12;15-14(18)13-11-8-4-5-9-12(11)17(16-13)10-6-2-1-3-7-10;17-14(18)13-11-8-4-5-9-12(11)16(15-13)10-6-2-1-3-7-10;1-4(2)3;;/h12H,2-11H2,1H3;10H,1-9H2;10H,1-9H2,(H,17,18);;;1H2/q;;;;+1;/p-1. The van der Waals surface area contributed by atoms with Gasteiger partial charge in [-0.2, -0.15) is 15.3 Å². The number of carbonyl (C=O) groups is 3. The van der Waals surface area contributed by atoms with Crippen LogP contribution in [0, 0.1) is 0 Å². The van der Waals surface area contributed by atoms with E-state index in [4.69, 9.17) is 20.5 Å². The van der Waals surface area contributed by atoms with Crippen LogP contribution in [-0.2, 0) is 52.5 Å². The van der Waals surface area contributed by atoms with Crippen LogP contribution in [0.5, 0.6) is 0 Å². The van der Waals surface area contributed by atoms with E-state index in [2.05, 4.69) is 50.7 Å². The topological polar surface area (TPSA) is 181 Å². The van der Waals surface area contributed by atoms with Crippen LogP contribution in [0.2, 0.25) is 0 Å². The summed E-state index contributed by atoms with van der Waals surface area (Å²) in [5, 5.41) is 22.5. The molecule has 0 saturated heterocycles. The Kier molecular flexibility index (Phi) is 22.1. The van der Waals surface area contributed by atoms with Crippen LogP contribution in [0.25, 0.3) is 0 Å². The predicted octanol–water partition coefficient (Wildman–Crippen LogP) is 7.93. The molecule has 0 atom stereocenters. The molecule has 3 aromatic heterocycles. The van der Waals surface area contributed by atoms with Gasteiger partial charge in [-0.1, -0.05) is 57.8 Å². The maximum absolute atomic E-state index is 12.1. The van der Waals surface area contributed by atoms with Crippen molar-refractivity contribution in [3.63, 3.8) is 0 Å². The van der Waals surface area contributed by atoms with Crippen LogP contribution in [0.3, 0.4) is 0 Å². The molecule has 18 heteroatoms. The van der Waals surface area contributed by atoms with E-state index in [9.17, 15) is 19.5 Å². The molecule has 0 aromatic carbocycles. The van der Waals surface area contributed by atoms with Crippen molar-refractivity contribution in [1.82, 2.24) is 29.3 Å². The van der Waals surface area contributed by atoms with E-state index in [0.717, 1.165) is 81.8 Å². The van der Waals surface area contributed by atoms with E-state index >= 15 is 0 Å². The van der Waals surface area contributed by atoms with Crippen LogP contribution in [0.4, 0.5) is 0 Å². The fraction of sp³-hybridized carbons (Fsp3) is 0.727. The zero-order chi connectivity index (χ0) is 42.6. The molecule has 3 heterocycles. The molecule has 3 saturated carbocycles. The Morgan fingerprint density at radius 1 is 0.581 bits per heavy atom. The molecule has 340 valence electrons. The normalized spacial score (nSPS) is 18.9. The Balaban J connectivity index is 0.000000193. The summed E-state index contributed by atoms with van der Waals surface area (Å²) in [6, 6.07) is 1.44. The third kappa shape index (κ3) is 13.4. The number of ether oxygens (including phenoxy) is 1. The molecule has 0 radical (unpaired) electrons. The van der Waals surface area contributed by atoms with Crippen molar-refractivity contribution in [3.05, 3.63) is 50.9 Å². The SMILES string of the molecule is CCOC(=O)c1nn(C2CCCCC2)c2c1CCCC2.O=C(Cl)c1nn(C2CCCCC2)c2c1CCCC2.O=C(O)c1nn(C2CCCCC2)c2c1CCCC2.O=S(Cl)Cl.[Li+].[OH-]. The minimum atomic E-state index is -1.67. The third-order valence-electron chi connectivity index (χ3n) is 13.2. The van der Waals surface area contributed by atoms with Crippen LogP contribution in [-0.4, -0.2) is 67.9 Å². The van der Waals surface area contributed by atoms with Crippen LogP contribution >= 0.6 is 33.0 Å². The summed E-state index contributed by atoms with van der Waals surface area (Å²) in [5.74, 6) is -1.09. The molecule has 3 fully saturated rings. The van der Waals surface area contributed by atoms with Gasteiger partial charge < -0.3 is 15.3 Å². The molecule has 6 aliphatic rings. The Hall–Kier alpha value is -2.18. The molecule has 0 amide bonds. The third-order valence-corrected chi connectivity index (χ3v) is 13.4. The van der Waals surface area contributed by atoms with E-state index in [1.807, 2.05) is 6.92 Å². The van der Waals surface area contributed by atoms with Crippen molar-refractivity contribution < 1.29 is 52.8 Å².